The third kappa shape index (κ3) is 10.9. The second kappa shape index (κ2) is 16.1. The number of benzene rings is 3. The highest BCUT2D eigenvalue weighted by molar-refractivity contribution is 5.94. The Kier molecular flexibility index (Phi) is 12.3. The first-order chi connectivity index (χ1) is 20.5. The Morgan fingerprint density at radius 3 is 1.47 bits per heavy atom. The quantitative estimate of drug-likeness (QED) is 0.158. The van der Waals surface area contributed by atoms with Gasteiger partial charge in [0.05, 0.1) is 6.04 Å². The number of hydrogen-bond acceptors (Lipinski definition) is 6. The number of carboxylic acids is 1. The summed E-state index contributed by atoms with van der Waals surface area (Å²) >= 11 is 0. The van der Waals surface area contributed by atoms with Gasteiger partial charge in [-0.15, -0.1) is 0 Å². The Balaban J connectivity index is 1.83. The van der Waals surface area contributed by atoms with Crippen molar-refractivity contribution < 1.29 is 29.4 Å². The average Bonchev–Trinajstić information content (AvgIpc) is 2.97. The van der Waals surface area contributed by atoms with Crippen LogP contribution >= 0.6 is 0 Å². The van der Waals surface area contributed by atoms with E-state index in [4.69, 9.17) is 5.73 Å². The van der Waals surface area contributed by atoms with Crippen LogP contribution in [-0.2, 0) is 38.4 Å². The molecule has 0 saturated carbocycles. The number of nitrogens with one attached hydrogen (secondary N) is 3. The largest absolute Gasteiger partial charge is 0.508 e. The molecule has 0 saturated heterocycles. The van der Waals surface area contributed by atoms with Gasteiger partial charge >= 0.3 is 5.97 Å². The molecule has 10 heteroatoms. The normalized spacial score (nSPS) is 13.8. The highest BCUT2D eigenvalue weighted by atomic mass is 16.4. The lowest BCUT2D eigenvalue weighted by molar-refractivity contribution is -0.142. The molecule has 3 rings (SSSR count). The molecular weight excluding hydrogens is 548 g/mol. The Labute approximate surface area is 251 Å². The van der Waals surface area contributed by atoms with E-state index in [0.717, 1.165) is 11.1 Å². The number of rotatable bonds is 15. The number of nitrogens with two attached hydrogens (primary N) is 1. The molecule has 7 N–H and O–H groups in total. The van der Waals surface area contributed by atoms with Crippen LogP contribution in [0.25, 0.3) is 0 Å². The molecule has 3 amide bonds. The lowest BCUT2D eigenvalue weighted by Crippen LogP contribution is -2.58. The predicted molar refractivity (Wildman–Crippen MR) is 163 cm³/mol. The molecule has 3 aromatic rings. The van der Waals surface area contributed by atoms with Crippen LogP contribution in [0.2, 0.25) is 0 Å². The number of aromatic hydroxyl groups is 1. The van der Waals surface area contributed by atoms with Gasteiger partial charge in [-0.1, -0.05) is 86.6 Å². The fourth-order valence-electron chi connectivity index (χ4n) is 4.62. The number of carboxylic acid groups (broad SMARTS) is 1. The molecule has 0 spiro atoms. The van der Waals surface area contributed by atoms with Crippen molar-refractivity contribution in [1.82, 2.24) is 16.0 Å². The zero-order chi connectivity index (χ0) is 31.4. The van der Waals surface area contributed by atoms with Crippen LogP contribution < -0.4 is 21.7 Å². The monoisotopic (exact) mass is 588 g/mol. The molecule has 0 radical (unpaired) electrons. The van der Waals surface area contributed by atoms with E-state index in [1.807, 2.05) is 50.2 Å². The summed E-state index contributed by atoms with van der Waals surface area (Å²) in [5, 5.41) is 27.4. The van der Waals surface area contributed by atoms with E-state index in [2.05, 4.69) is 16.0 Å². The second-order valence-corrected chi connectivity index (χ2v) is 11.0. The Morgan fingerprint density at radius 2 is 1.02 bits per heavy atom. The molecule has 0 bridgehead atoms. The van der Waals surface area contributed by atoms with Crippen molar-refractivity contribution in [3.8, 4) is 5.75 Å². The molecule has 4 unspecified atom stereocenters. The molecular formula is C33H40N4O6. The van der Waals surface area contributed by atoms with Gasteiger partial charge in [0, 0.05) is 19.3 Å². The van der Waals surface area contributed by atoms with Gasteiger partial charge in [-0.3, -0.25) is 14.4 Å². The predicted octanol–water partition coefficient (Wildman–Crippen LogP) is 2.33. The lowest BCUT2D eigenvalue weighted by Gasteiger charge is -2.26. The summed E-state index contributed by atoms with van der Waals surface area (Å²) in [7, 11) is 0. The molecule has 0 fully saturated rings. The average molecular weight is 589 g/mol. The first kappa shape index (κ1) is 32.8. The molecule has 228 valence electrons. The zero-order valence-electron chi connectivity index (χ0n) is 24.4. The van der Waals surface area contributed by atoms with Gasteiger partial charge in [0.15, 0.2) is 0 Å². The van der Waals surface area contributed by atoms with Gasteiger partial charge in [-0.25, -0.2) is 4.79 Å². The number of phenolic OH excluding ortho intramolecular Hbond substituents is 1. The number of hydrogen-bond donors (Lipinski definition) is 6. The van der Waals surface area contributed by atoms with Crippen molar-refractivity contribution >= 4 is 23.7 Å². The van der Waals surface area contributed by atoms with Crippen LogP contribution in [0.4, 0.5) is 0 Å². The van der Waals surface area contributed by atoms with Crippen LogP contribution in [0.15, 0.2) is 84.9 Å². The lowest BCUT2D eigenvalue weighted by atomic mass is 10.00. The van der Waals surface area contributed by atoms with Gasteiger partial charge in [-0.2, -0.15) is 0 Å². The number of phenols is 1. The first-order valence-electron chi connectivity index (χ1n) is 14.3. The summed E-state index contributed by atoms with van der Waals surface area (Å²) in [6.07, 6.45) is 0.643. The minimum atomic E-state index is -1.29. The number of aliphatic carboxylic acids is 1. The zero-order valence-corrected chi connectivity index (χ0v) is 24.4. The van der Waals surface area contributed by atoms with Crippen LogP contribution in [0.1, 0.15) is 37.0 Å². The molecule has 0 aliphatic rings. The maximum absolute atomic E-state index is 13.7. The molecule has 0 aliphatic heterocycles. The summed E-state index contributed by atoms with van der Waals surface area (Å²) < 4.78 is 0. The van der Waals surface area contributed by atoms with E-state index in [-0.39, 0.29) is 30.9 Å². The van der Waals surface area contributed by atoms with E-state index < -0.39 is 47.9 Å². The number of carbonyl (C=O) groups is 4. The van der Waals surface area contributed by atoms with Crippen LogP contribution in [-0.4, -0.2) is 58.1 Å². The van der Waals surface area contributed by atoms with Crippen molar-refractivity contribution in [2.45, 2.75) is 63.7 Å². The number of amides is 3. The summed E-state index contributed by atoms with van der Waals surface area (Å²) in [4.78, 5) is 52.2. The van der Waals surface area contributed by atoms with E-state index in [1.165, 1.54) is 12.1 Å². The summed E-state index contributed by atoms with van der Waals surface area (Å²) in [5.74, 6) is -2.81. The van der Waals surface area contributed by atoms with Gasteiger partial charge < -0.3 is 31.9 Å². The van der Waals surface area contributed by atoms with Crippen molar-refractivity contribution in [3.05, 3.63) is 102 Å². The first-order valence-corrected chi connectivity index (χ1v) is 14.3. The minimum absolute atomic E-state index is 0.0339. The molecule has 4 atom stereocenters. The SMILES string of the molecule is CC(C)CC(N)C(=O)NC(Cc1ccccc1)C(=O)NC(Cc1ccccc1)C(=O)NC(Cc1ccc(O)cc1)C(=O)O. The van der Waals surface area contributed by atoms with Gasteiger partial charge in [0.2, 0.25) is 17.7 Å². The van der Waals surface area contributed by atoms with Crippen molar-refractivity contribution in [2.75, 3.05) is 0 Å². The van der Waals surface area contributed by atoms with E-state index in [9.17, 15) is 29.4 Å². The Morgan fingerprint density at radius 1 is 0.628 bits per heavy atom. The third-order valence-electron chi connectivity index (χ3n) is 6.88. The van der Waals surface area contributed by atoms with E-state index in [1.54, 1.807) is 36.4 Å². The minimum Gasteiger partial charge on any atom is -0.508 e. The highest BCUT2D eigenvalue weighted by Gasteiger charge is 2.31. The van der Waals surface area contributed by atoms with E-state index in [0.29, 0.717) is 12.0 Å². The molecule has 0 aromatic heterocycles. The van der Waals surface area contributed by atoms with Gasteiger partial charge in [-0.05, 0) is 41.2 Å². The summed E-state index contributed by atoms with van der Waals surface area (Å²) in [6, 6.07) is 19.9. The standard InChI is InChI=1S/C33H40N4O6/c1-21(2)17-26(34)30(39)35-27(18-22-9-5-3-6-10-22)31(40)36-28(19-23-11-7-4-8-12-23)32(41)37-29(33(42)43)20-24-13-15-25(38)16-14-24/h3-16,21,26-29,38H,17-20,34H2,1-2H3,(H,35,39)(H,36,40)(H,37,41)(H,42,43). The van der Waals surface area contributed by atoms with E-state index >= 15 is 0 Å². The fraction of sp³-hybridized carbons (Fsp3) is 0.333. The smallest absolute Gasteiger partial charge is 0.326 e. The molecule has 3 aromatic carbocycles. The highest BCUT2D eigenvalue weighted by Crippen LogP contribution is 2.13. The van der Waals surface area contributed by atoms with Crippen LogP contribution in [0, 0.1) is 5.92 Å². The van der Waals surface area contributed by atoms with Gasteiger partial charge in [0.1, 0.15) is 23.9 Å². The maximum Gasteiger partial charge on any atom is 0.326 e. The van der Waals surface area contributed by atoms with Gasteiger partial charge in [0.25, 0.3) is 0 Å². The summed E-state index contributed by atoms with van der Waals surface area (Å²) in [6.45, 7) is 3.89. The van der Waals surface area contributed by atoms with Crippen LogP contribution in [0.3, 0.4) is 0 Å². The van der Waals surface area contributed by atoms with Crippen LogP contribution in [0.5, 0.6) is 5.75 Å². The van der Waals surface area contributed by atoms with Crippen molar-refractivity contribution in [3.63, 3.8) is 0 Å². The molecule has 43 heavy (non-hydrogen) atoms. The summed E-state index contributed by atoms with van der Waals surface area (Å²) in [5.41, 5.74) is 8.23. The van der Waals surface area contributed by atoms with Crippen molar-refractivity contribution in [2.24, 2.45) is 11.7 Å². The second-order valence-electron chi connectivity index (χ2n) is 11.0. The molecule has 10 nitrogen and oxygen atoms in total. The fourth-order valence-corrected chi connectivity index (χ4v) is 4.62. The van der Waals surface area contributed by atoms with Crippen molar-refractivity contribution in [1.29, 1.82) is 0 Å². The Bertz CT molecular complexity index is 1350. The topological polar surface area (TPSA) is 171 Å². The maximum atomic E-state index is 13.7. The molecule has 0 aliphatic carbocycles. The third-order valence-corrected chi connectivity index (χ3v) is 6.88. The number of carbonyl (C=O) groups excluding carboxylic acids is 3. The Hall–Kier alpha value is -4.70. The molecule has 0 heterocycles.